The lowest BCUT2D eigenvalue weighted by atomic mass is 9.94. The molecule has 0 spiro atoms. The van der Waals surface area contributed by atoms with Crippen molar-refractivity contribution in [2.75, 3.05) is 20.3 Å². The Labute approximate surface area is 72.1 Å². The van der Waals surface area contributed by atoms with Gasteiger partial charge in [0.2, 0.25) is 0 Å². The van der Waals surface area contributed by atoms with Gasteiger partial charge < -0.3 is 19.7 Å². The fourth-order valence-electron chi connectivity index (χ4n) is 1.55. The Bertz CT molecular complexity index is 139. The van der Waals surface area contributed by atoms with Gasteiger partial charge in [-0.1, -0.05) is 6.92 Å². The van der Waals surface area contributed by atoms with E-state index >= 15 is 0 Å². The summed E-state index contributed by atoms with van der Waals surface area (Å²) in [6.07, 6.45) is -1.44. The van der Waals surface area contributed by atoms with Crippen LogP contribution in [-0.4, -0.2) is 48.8 Å². The molecule has 4 heteroatoms. The summed E-state index contributed by atoms with van der Waals surface area (Å²) in [5, 5.41) is 18.4. The predicted molar refractivity (Wildman–Crippen MR) is 42.8 cm³/mol. The summed E-state index contributed by atoms with van der Waals surface area (Å²) >= 11 is 0. The van der Waals surface area contributed by atoms with E-state index in [1.54, 1.807) is 7.11 Å². The highest BCUT2D eigenvalue weighted by atomic mass is 16.5. The van der Waals surface area contributed by atoms with Crippen molar-refractivity contribution in [3.63, 3.8) is 0 Å². The molecule has 1 fully saturated rings. The SMILES string of the molecule is COC1[C@H](C)CO[C@H](CO)[C@H]1O. The largest absolute Gasteiger partial charge is 0.394 e. The van der Waals surface area contributed by atoms with Crippen molar-refractivity contribution in [2.24, 2.45) is 5.92 Å². The zero-order valence-corrected chi connectivity index (χ0v) is 7.43. The Morgan fingerprint density at radius 1 is 1.58 bits per heavy atom. The van der Waals surface area contributed by atoms with Gasteiger partial charge in [-0.2, -0.15) is 0 Å². The minimum Gasteiger partial charge on any atom is -0.394 e. The molecule has 1 aliphatic heterocycles. The van der Waals surface area contributed by atoms with Crippen LogP contribution in [0.5, 0.6) is 0 Å². The fraction of sp³-hybridized carbons (Fsp3) is 1.00. The average Bonchev–Trinajstić information content (AvgIpc) is 2.06. The Morgan fingerprint density at radius 3 is 2.75 bits per heavy atom. The number of rotatable bonds is 2. The van der Waals surface area contributed by atoms with Crippen molar-refractivity contribution in [3.8, 4) is 0 Å². The molecule has 1 rings (SSSR count). The standard InChI is InChI=1S/C8H16O4/c1-5-4-12-6(3-9)7(10)8(5)11-2/h5-10H,3-4H2,1-2H3/t5-,6-,7-,8?/m1/s1. The van der Waals surface area contributed by atoms with Crippen LogP contribution in [0, 0.1) is 5.92 Å². The lowest BCUT2D eigenvalue weighted by Gasteiger charge is -2.37. The third kappa shape index (κ3) is 1.77. The summed E-state index contributed by atoms with van der Waals surface area (Å²) in [7, 11) is 1.56. The van der Waals surface area contributed by atoms with Crippen LogP contribution in [0.15, 0.2) is 0 Å². The fourth-order valence-corrected chi connectivity index (χ4v) is 1.55. The molecule has 2 N–H and O–H groups in total. The zero-order chi connectivity index (χ0) is 9.14. The molecule has 1 heterocycles. The average molecular weight is 176 g/mol. The molecule has 0 radical (unpaired) electrons. The third-order valence-corrected chi connectivity index (χ3v) is 2.30. The number of methoxy groups -OCH3 is 1. The van der Waals surface area contributed by atoms with Crippen LogP contribution in [0.1, 0.15) is 6.92 Å². The first kappa shape index (κ1) is 9.92. The van der Waals surface area contributed by atoms with Crippen LogP contribution in [0.2, 0.25) is 0 Å². The van der Waals surface area contributed by atoms with Gasteiger partial charge in [-0.15, -0.1) is 0 Å². The Kier molecular flexibility index (Phi) is 3.46. The molecule has 0 aromatic carbocycles. The highest BCUT2D eigenvalue weighted by Crippen LogP contribution is 2.21. The quantitative estimate of drug-likeness (QED) is 0.589. The molecule has 0 aromatic heterocycles. The maximum atomic E-state index is 9.59. The van der Waals surface area contributed by atoms with Crippen LogP contribution < -0.4 is 0 Å². The van der Waals surface area contributed by atoms with E-state index in [0.717, 1.165) is 0 Å². The van der Waals surface area contributed by atoms with Crippen LogP contribution >= 0.6 is 0 Å². The predicted octanol–water partition coefficient (Wildman–Crippen LogP) is -0.611. The molecule has 4 nitrogen and oxygen atoms in total. The Balaban J connectivity index is 2.56. The number of hydrogen-bond acceptors (Lipinski definition) is 4. The second kappa shape index (κ2) is 4.18. The van der Waals surface area contributed by atoms with Crippen LogP contribution in [0.4, 0.5) is 0 Å². The second-order valence-corrected chi connectivity index (χ2v) is 3.22. The van der Waals surface area contributed by atoms with Crippen molar-refractivity contribution < 1.29 is 19.7 Å². The molecule has 72 valence electrons. The molecular weight excluding hydrogens is 160 g/mol. The van der Waals surface area contributed by atoms with E-state index in [1.807, 2.05) is 6.92 Å². The maximum Gasteiger partial charge on any atom is 0.109 e. The lowest BCUT2D eigenvalue weighted by Crippen LogP contribution is -2.51. The normalized spacial score (nSPS) is 43.0. The molecule has 0 aromatic rings. The van der Waals surface area contributed by atoms with Crippen molar-refractivity contribution in [2.45, 2.75) is 25.2 Å². The summed E-state index contributed by atoms with van der Waals surface area (Å²) in [6, 6.07) is 0. The summed E-state index contributed by atoms with van der Waals surface area (Å²) in [5.74, 6) is 0.174. The highest BCUT2D eigenvalue weighted by Gasteiger charge is 2.36. The van der Waals surface area contributed by atoms with Crippen LogP contribution in [-0.2, 0) is 9.47 Å². The van der Waals surface area contributed by atoms with E-state index in [1.165, 1.54) is 0 Å². The van der Waals surface area contributed by atoms with Gasteiger partial charge in [0.05, 0.1) is 19.3 Å². The molecular formula is C8H16O4. The van der Waals surface area contributed by atoms with Gasteiger partial charge in [0, 0.05) is 13.0 Å². The molecule has 0 bridgehead atoms. The number of aliphatic hydroxyl groups is 2. The monoisotopic (exact) mass is 176 g/mol. The van der Waals surface area contributed by atoms with Crippen LogP contribution in [0.25, 0.3) is 0 Å². The minimum absolute atomic E-state index is 0.159. The molecule has 0 saturated carbocycles. The summed E-state index contributed by atoms with van der Waals surface area (Å²) in [4.78, 5) is 0. The Hall–Kier alpha value is -0.160. The maximum absolute atomic E-state index is 9.59. The van der Waals surface area contributed by atoms with E-state index in [2.05, 4.69) is 0 Å². The minimum atomic E-state index is -0.719. The van der Waals surface area contributed by atoms with Gasteiger partial charge in [0.15, 0.2) is 0 Å². The summed E-state index contributed by atoms with van der Waals surface area (Å²) in [6.45, 7) is 2.32. The molecule has 1 aliphatic rings. The first-order valence-electron chi connectivity index (χ1n) is 4.14. The first-order valence-corrected chi connectivity index (χ1v) is 4.14. The van der Waals surface area contributed by atoms with Crippen molar-refractivity contribution in [3.05, 3.63) is 0 Å². The van der Waals surface area contributed by atoms with E-state index in [0.29, 0.717) is 6.61 Å². The van der Waals surface area contributed by atoms with Crippen molar-refractivity contribution in [1.82, 2.24) is 0 Å². The molecule has 0 amide bonds. The van der Waals surface area contributed by atoms with Gasteiger partial charge in [-0.25, -0.2) is 0 Å². The molecule has 1 saturated heterocycles. The first-order chi connectivity index (χ1) is 5.70. The number of hydrogen-bond donors (Lipinski definition) is 2. The molecule has 1 unspecified atom stereocenters. The highest BCUT2D eigenvalue weighted by molar-refractivity contribution is 4.85. The number of aliphatic hydroxyl groups excluding tert-OH is 2. The number of ether oxygens (including phenoxy) is 2. The van der Waals surface area contributed by atoms with Gasteiger partial charge >= 0.3 is 0 Å². The van der Waals surface area contributed by atoms with E-state index in [9.17, 15) is 5.11 Å². The van der Waals surface area contributed by atoms with Gasteiger partial charge in [-0.3, -0.25) is 0 Å². The van der Waals surface area contributed by atoms with Crippen molar-refractivity contribution >= 4 is 0 Å². The van der Waals surface area contributed by atoms with Gasteiger partial charge in [0.1, 0.15) is 12.2 Å². The Morgan fingerprint density at radius 2 is 2.25 bits per heavy atom. The van der Waals surface area contributed by atoms with Gasteiger partial charge in [-0.05, 0) is 0 Å². The van der Waals surface area contributed by atoms with Crippen LogP contribution in [0.3, 0.4) is 0 Å². The van der Waals surface area contributed by atoms with Crippen molar-refractivity contribution in [1.29, 1.82) is 0 Å². The smallest absolute Gasteiger partial charge is 0.109 e. The summed E-state index contributed by atoms with van der Waals surface area (Å²) in [5.41, 5.74) is 0. The van der Waals surface area contributed by atoms with E-state index in [4.69, 9.17) is 14.6 Å². The lowest BCUT2D eigenvalue weighted by molar-refractivity contribution is -0.179. The van der Waals surface area contributed by atoms with E-state index in [-0.39, 0.29) is 18.6 Å². The second-order valence-electron chi connectivity index (χ2n) is 3.22. The zero-order valence-electron chi connectivity index (χ0n) is 7.43. The topological polar surface area (TPSA) is 58.9 Å². The summed E-state index contributed by atoms with van der Waals surface area (Å²) < 4.78 is 10.3. The third-order valence-electron chi connectivity index (χ3n) is 2.30. The van der Waals surface area contributed by atoms with Gasteiger partial charge in [0.25, 0.3) is 0 Å². The molecule has 12 heavy (non-hydrogen) atoms. The van der Waals surface area contributed by atoms with E-state index < -0.39 is 12.2 Å². The molecule has 4 atom stereocenters. The molecule has 0 aliphatic carbocycles.